The molecule has 35 heavy (non-hydrogen) atoms. The van der Waals surface area contributed by atoms with Crippen molar-refractivity contribution in [3.63, 3.8) is 0 Å². The molecule has 178 valence electrons. The highest BCUT2D eigenvalue weighted by Gasteiger charge is 2.13. The van der Waals surface area contributed by atoms with Crippen molar-refractivity contribution >= 4 is 34.5 Å². The Balaban J connectivity index is 1.35. The van der Waals surface area contributed by atoms with Crippen LogP contribution in [0.1, 0.15) is 10.5 Å². The van der Waals surface area contributed by atoms with E-state index in [2.05, 4.69) is 15.6 Å². The minimum absolute atomic E-state index is 0.191. The molecule has 1 heterocycles. The molecule has 3 aromatic carbocycles. The van der Waals surface area contributed by atoms with E-state index in [0.717, 1.165) is 16.3 Å². The first-order chi connectivity index (χ1) is 17.1. The maximum absolute atomic E-state index is 12.7. The van der Waals surface area contributed by atoms with Crippen LogP contribution in [0.2, 0.25) is 0 Å². The van der Waals surface area contributed by atoms with Crippen LogP contribution < -0.4 is 24.8 Å². The van der Waals surface area contributed by atoms with Crippen molar-refractivity contribution in [1.82, 2.24) is 4.98 Å². The molecule has 4 aromatic rings. The van der Waals surface area contributed by atoms with E-state index in [0.29, 0.717) is 28.6 Å². The Bertz CT molecular complexity index is 1320. The van der Waals surface area contributed by atoms with Gasteiger partial charge in [-0.3, -0.25) is 9.59 Å². The van der Waals surface area contributed by atoms with Crippen LogP contribution >= 0.6 is 11.3 Å². The Labute approximate surface area is 206 Å². The van der Waals surface area contributed by atoms with Crippen molar-refractivity contribution in [2.24, 2.45) is 0 Å². The predicted molar refractivity (Wildman–Crippen MR) is 136 cm³/mol. The zero-order valence-corrected chi connectivity index (χ0v) is 19.9. The number of hydrogen-bond donors (Lipinski definition) is 2. The van der Waals surface area contributed by atoms with E-state index in [1.54, 1.807) is 55.0 Å². The molecule has 2 amide bonds. The first kappa shape index (κ1) is 23.8. The zero-order valence-electron chi connectivity index (χ0n) is 19.1. The molecule has 0 aliphatic carbocycles. The smallest absolute Gasteiger partial charge is 0.275 e. The van der Waals surface area contributed by atoms with E-state index in [1.807, 2.05) is 30.3 Å². The van der Waals surface area contributed by atoms with Gasteiger partial charge in [-0.05, 0) is 54.6 Å². The number of ether oxygens (including phenoxy) is 3. The lowest BCUT2D eigenvalue weighted by Crippen LogP contribution is -2.20. The number of thiazole rings is 1. The first-order valence-electron chi connectivity index (χ1n) is 10.6. The Hall–Kier alpha value is -4.37. The minimum Gasteiger partial charge on any atom is -0.497 e. The second-order valence-electron chi connectivity index (χ2n) is 7.29. The van der Waals surface area contributed by atoms with Crippen molar-refractivity contribution in [3.8, 4) is 27.8 Å². The van der Waals surface area contributed by atoms with Gasteiger partial charge in [0.25, 0.3) is 11.8 Å². The fraction of sp³-hybridized carbons (Fsp3) is 0.115. The summed E-state index contributed by atoms with van der Waals surface area (Å²) in [6.07, 6.45) is 0. The van der Waals surface area contributed by atoms with E-state index in [1.165, 1.54) is 18.4 Å². The molecule has 0 saturated carbocycles. The van der Waals surface area contributed by atoms with Crippen LogP contribution in [-0.2, 0) is 4.79 Å². The van der Waals surface area contributed by atoms with Gasteiger partial charge in [0.15, 0.2) is 18.1 Å². The quantitative estimate of drug-likeness (QED) is 0.340. The summed E-state index contributed by atoms with van der Waals surface area (Å²) in [4.78, 5) is 29.5. The molecular weight excluding hydrogens is 466 g/mol. The average molecular weight is 490 g/mol. The van der Waals surface area contributed by atoms with Gasteiger partial charge in [0.1, 0.15) is 16.5 Å². The van der Waals surface area contributed by atoms with E-state index < -0.39 is 0 Å². The molecule has 0 unspecified atom stereocenters. The van der Waals surface area contributed by atoms with Gasteiger partial charge < -0.3 is 24.8 Å². The third-order valence-electron chi connectivity index (χ3n) is 4.91. The van der Waals surface area contributed by atoms with Crippen molar-refractivity contribution in [1.29, 1.82) is 0 Å². The van der Waals surface area contributed by atoms with Gasteiger partial charge >= 0.3 is 0 Å². The van der Waals surface area contributed by atoms with Gasteiger partial charge in [-0.1, -0.05) is 18.2 Å². The minimum atomic E-state index is -0.344. The Kier molecular flexibility index (Phi) is 7.59. The topological polar surface area (TPSA) is 98.8 Å². The van der Waals surface area contributed by atoms with Crippen LogP contribution in [-0.4, -0.2) is 37.6 Å². The molecule has 9 heteroatoms. The van der Waals surface area contributed by atoms with Gasteiger partial charge in [-0.2, -0.15) is 0 Å². The van der Waals surface area contributed by atoms with Crippen LogP contribution in [0.4, 0.5) is 11.4 Å². The summed E-state index contributed by atoms with van der Waals surface area (Å²) < 4.78 is 15.9. The second-order valence-corrected chi connectivity index (χ2v) is 8.15. The van der Waals surface area contributed by atoms with E-state index in [-0.39, 0.29) is 18.4 Å². The number of rotatable bonds is 9. The second kappa shape index (κ2) is 11.2. The molecule has 0 bridgehead atoms. The molecule has 4 rings (SSSR count). The van der Waals surface area contributed by atoms with Crippen LogP contribution in [0.15, 0.2) is 78.2 Å². The maximum Gasteiger partial charge on any atom is 0.275 e. The predicted octanol–water partition coefficient (Wildman–Crippen LogP) is 5.10. The highest BCUT2D eigenvalue weighted by atomic mass is 32.1. The molecule has 0 spiro atoms. The van der Waals surface area contributed by atoms with Gasteiger partial charge in [0, 0.05) is 22.3 Å². The number of para-hydroxylation sites is 2. The number of carbonyl (C=O) groups is 2. The Morgan fingerprint density at radius 3 is 2.29 bits per heavy atom. The molecule has 1 aromatic heterocycles. The monoisotopic (exact) mass is 489 g/mol. The lowest BCUT2D eigenvalue weighted by atomic mass is 10.2. The van der Waals surface area contributed by atoms with Crippen LogP contribution in [0.5, 0.6) is 17.2 Å². The summed E-state index contributed by atoms with van der Waals surface area (Å²) in [6.45, 7) is -0.191. The number of nitrogens with zero attached hydrogens (tertiary/aromatic N) is 1. The summed E-state index contributed by atoms with van der Waals surface area (Å²) in [5.74, 6) is 1.08. The number of hydrogen-bond acceptors (Lipinski definition) is 7. The Morgan fingerprint density at radius 2 is 1.57 bits per heavy atom. The fourth-order valence-electron chi connectivity index (χ4n) is 3.19. The number of anilines is 2. The molecule has 0 saturated heterocycles. The summed E-state index contributed by atoms with van der Waals surface area (Å²) >= 11 is 1.38. The maximum atomic E-state index is 12.7. The summed E-state index contributed by atoms with van der Waals surface area (Å²) in [7, 11) is 3.14. The zero-order chi connectivity index (χ0) is 24.6. The molecule has 8 nitrogen and oxygen atoms in total. The first-order valence-corrected chi connectivity index (χ1v) is 11.5. The van der Waals surface area contributed by atoms with Gasteiger partial charge in [-0.25, -0.2) is 4.98 Å². The number of amides is 2. The highest BCUT2D eigenvalue weighted by molar-refractivity contribution is 7.13. The summed E-state index contributed by atoms with van der Waals surface area (Å²) in [6, 6.07) is 21.4. The molecule has 0 aliphatic rings. The lowest BCUT2D eigenvalue weighted by Gasteiger charge is -2.11. The van der Waals surface area contributed by atoms with Crippen molar-refractivity contribution in [2.75, 3.05) is 31.5 Å². The molecular formula is C26H23N3O5S. The van der Waals surface area contributed by atoms with E-state index in [9.17, 15) is 9.59 Å². The lowest BCUT2D eigenvalue weighted by molar-refractivity contribution is -0.118. The van der Waals surface area contributed by atoms with E-state index in [4.69, 9.17) is 14.2 Å². The van der Waals surface area contributed by atoms with Crippen LogP contribution in [0, 0.1) is 0 Å². The van der Waals surface area contributed by atoms with Crippen molar-refractivity contribution in [3.05, 3.63) is 83.9 Å². The standard InChI is InChI=1S/C26H23N3O5S/c1-32-20-12-10-17(11-13-20)26-29-21(16-35-26)25(31)28-19-7-5-6-18(14-19)27-24(30)15-34-23-9-4-3-8-22(23)33-2/h3-14,16H,15H2,1-2H3,(H,27,30)(H,28,31). The molecule has 0 aliphatic heterocycles. The summed E-state index contributed by atoms with van der Waals surface area (Å²) in [5.41, 5.74) is 2.25. The normalized spacial score (nSPS) is 10.3. The van der Waals surface area contributed by atoms with Crippen molar-refractivity contribution < 1.29 is 23.8 Å². The summed E-state index contributed by atoms with van der Waals surface area (Å²) in [5, 5.41) is 8.01. The van der Waals surface area contributed by atoms with Gasteiger partial charge in [0.2, 0.25) is 0 Å². The largest absolute Gasteiger partial charge is 0.497 e. The number of carbonyl (C=O) groups excluding carboxylic acids is 2. The highest BCUT2D eigenvalue weighted by Crippen LogP contribution is 2.27. The number of nitrogens with one attached hydrogen (secondary N) is 2. The number of benzene rings is 3. The van der Waals surface area contributed by atoms with Gasteiger partial charge in [0.05, 0.1) is 14.2 Å². The number of aromatic nitrogens is 1. The van der Waals surface area contributed by atoms with Gasteiger partial charge in [-0.15, -0.1) is 11.3 Å². The Morgan fingerprint density at radius 1 is 0.857 bits per heavy atom. The molecule has 0 atom stereocenters. The number of methoxy groups -OCH3 is 2. The third kappa shape index (κ3) is 6.15. The molecule has 0 radical (unpaired) electrons. The van der Waals surface area contributed by atoms with E-state index >= 15 is 0 Å². The van der Waals surface area contributed by atoms with Crippen LogP contribution in [0.3, 0.4) is 0 Å². The molecule has 2 N–H and O–H groups in total. The average Bonchev–Trinajstić information content (AvgIpc) is 3.38. The fourth-order valence-corrected chi connectivity index (χ4v) is 4.00. The van der Waals surface area contributed by atoms with Crippen LogP contribution in [0.25, 0.3) is 10.6 Å². The third-order valence-corrected chi connectivity index (χ3v) is 5.80. The van der Waals surface area contributed by atoms with Crippen molar-refractivity contribution in [2.45, 2.75) is 0 Å². The SMILES string of the molecule is COc1ccc(-c2nc(C(=O)Nc3cccc(NC(=O)COc4ccccc4OC)c3)cs2)cc1. The molecule has 0 fully saturated rings.